The van der Waals surface area contributed by atoms with Gasteiger partial charge in [0.1, 0.15) is 0 Å². The zero-order chi connectivity index (χ0) is 16.4. The fourth-order valence-electron chi connectivity index (χ4n) is 3.78. The molecule has 2 aliphatic rings. The van der Waals surface area contributed by atoms with Gasteiger partial charge in [-0.3, -0.25) is 10.1 Å². The van der Waals surface area contributed by atoms with Gasteiger partial charge in [-0.2, -0.15) is 0 Å². The van der Waals surface area contributed by atoms with E-state index in [1.165, 1.54) is 43.5 Å². The summed E-state index contributed by atoms with van der Waals surface area (Å²) in [6.45, 7) is 0. The Bertz CT molecular complexity index is 641. The van der Waals surface area contributed by atoms with Gasteiger partial charge >= 0.3 is 5.97 Å². The Morgan fingerprint density at radius 2 is 2.04 bits per heavy atom. The van der Waals surface area contributed by atoms with Gasteiger partial charge in [0.25, 0.3) is 5.69 Å². The molecule has 0 unspecified atom stereocenters. The van der Waals surface area contributed by atoms with Gasteiger partial charge in [-0.25, -0.2) is 4.79 Å². The number of hydrogen-bond donors (Lipinski definition) is 1. The van der Waals surface area contributed by atoms with E-state index in [9.17, 15) is 14.9 Å². The summed E-state index contributed by atoms with van der Waals surface area (Å²) in [7, 11) is 0. The Hall–Kier alpha value is -2.44. The quantitative estimate of drug-likeness (QED) is 0.295. The molecular formula is C16H19N3O4. The number of oxime groups is 1. The summed E-state index contributed by atoms with van der Waals surface area (Å²) in [6, 6.07) is 5.60. The van der Waals surface area contributed by atoms with E-state index in [0.29, 0.717) is 23.8 Å². The molecule has 23 heavy (non-hydrogen) atoms. The summed E-state index contributed by atoms with van der Waals surface area (Å²) in [5.41, 5.74) is 6.18. The summed E-state index contributed by atoms with van der Waals surface area (Å²) in [6.07, 6.45) is 5.25. The van der Waals surface area contributed by atoms with Crippen LogP contribution in [0.4, 0.5) is 5.69 Å². The Morgan fingerprint density at radius 1 is 1.30 bits per heavy atom. The average Bonchev–Trinajstić information content (AvgIpc) is 3.15. The summed E-state index contributed by atoms with van der Waals surface area (Å²) in [4.78, 5) is 26.9. The minimum Gasteiger partial charge on any atom is -0.380 e. The molecule has 7 heteroatoms. The number of benzene rings is 1. The van der Waals surface area contributed by atoms with Gasteiger partial charge in [0, 0.05) is 17.7 Å². The predicted molar refractivity (Wildman–Crippen MR) is 83.5 cm³/mol. The van der Waals surface area contributed by atoms with E-state index < -0.39 is 4.92 Å². The van der Waals surface area contributed by atoms with Crippen LogP contribution < -0.4 is 5.73 Å². The van der Waals surface area contributed by atoms with Crippen molar-refractivity contribution >= 4 is 17.5 Å². The summed E-state index contributed by atoms with van der Waals surface area (Å²) in [5.74, 6) is 1.51. The predicted octanol–water partition coefficient (Wildman–Crippen LogP) is 2.58. The minimum absolute atomic E-state index is 0.0289. The highest BCUT2D eigenvalue weighted by molar-refractivity contribution is 5.97. The van der Waals surface area contributed by atoms with Crippen LogP contribution in [-0.2, 0) is 9.63 Å². The molecule has 7 nitrogen and oxygen atoms in total. The third-order valence-electron chi connectivity index (χ3n) is 4.93. The van der Waals surface area contributed by atoms with Crippen LogP contribution in [0.15, 0.2) is 29.4 Å². The van der Waals surface area contributed by atoms with Crippen LogP contribution in [0, 0.1) is 27.9 Å². The molecule has 0 radical (unpaired) electrons. The van der Waals surface area contributed by atoms with Gasteiger partial charge in [-0.15, -0.1) is 0 Å². The largest absolute Gasteiger partial charge is 0.380 e. The number of nitrogens with two attached hydrogens (primary N) is 1. The molecular weight excluding hydrogens is 298 g/mol. The number of non-ortho nitro benzene ring substituents is 1. The van der Waals surface area contributed by atoms with Crippen molar-refractivity contribution in [3.05, 3.63) is 39.9 Å². The fourth-order valence-corrected chi connectivity index (χ4v) is 3.78. The van der Waals surface area contributed by atoms with E-state index in [4.69, 9.17) is 10.6 Å². The summed E-state index contributed by atoms with van der Waals surface area (Å²) < 4.78 is 0. The van der Waals surface area contributed by atoms with Crippen molar-refractivity contribution in [1.82, 2.24) is 0 Å². The van der Waals surface area contributed by atoms with Crippen LogP contribution in [0.5, 0.6) is 0 Å². The van der Waals surface area contributed by atoms with Gasteiger partial charge in [0.05, 0.1) is 11.3 Å². The Morgan fingerprint density at radius 3 is 2.61 bits per heavy atom. The highest BCUT2D eigenvalue weighted by atomic mass is 16.7. The van der Waals surface area contributed by atoms with E-state index in [2.05, 4.69) is 5.16 Å². The number of nitro benzene ring substituents is 1. The number of nitro groups is 1. The summed E-state index contributed by atoms with van der Waals surface area (Å²) in [5, 5.41) is 14.2. The second-order valence-electron chi connectivity index (χ2n) is 6.38. The number of rotatable bonds is 5. The van der Waals surface area contributed by atoms with Gasteiger partial charge < -0.3 is 10.6 Å². The molecule has 0 saturated heterocycles. The zero-order valence-electron chi connectivity index (χ0n) is 12.7. The van der Waals surface area contributed by atoms with E-state index in [1.807, 2.05) is 0 Å². The first kappa shape index (κ1) is 15.5. The third kappa shape index (κ3) is 3.49. The summed E-state index contributed by atoms with van der Waals surface area (Å²) >= 11 is 0. The smallest absolute Gasteiger partial charge is 0.335 e. The Balaban J connectivity index is 1.54. The van der Waals surface area contributed by atoms with Gasteiger partial charge in [0.2, 0.25) is 0 Å². The SMILES string of the molecule is N/C(=N/OC(=O)C[C@H]1C[C@H]2CC[C@@H]1C2)c1ccc([N+](=O)[O-])cc1. The molecule has 2 fully saturated rings. The average molecular weight is 317 g/mol. The van der Waals surface area contributed by atoms with E-state index in [-0.39, 0.29) is 17.5 Å². The molecule has 0 aromatic heterocycles. The van der Waals surface area contributed by atoms with Crippen molar-refractivity contribution in [1.29, 1.82) is 0 Å². The molecule has 0 spiro atoms. The second kappa shape index (κ2) is 6.36. The molecule has 2 saturated carbocycles. The van der Waals surface area contributed by atoms with Gasteiger partial charge in [0.15, 0.2) is 5.84 Å². The molecule has 0 heterocycles. The topological polar surface area (TPSA) is 108 Å². The first-order chi connectivity index (χ1) is 11.0. The molecule has 3 atom stereocenters. The van der Waals surface area contributed by atoms with E-state index >= 15 is 0 Å². The lowest BCUT2D eigenvalue weighted by Gasteiger charge is -2.19. The van der Waals surface area contributed by atoms with Gasteiger partial charge in [-0.05, 0) is 49.1 Å². The molecule has 1 aromatic rings. The van der Waals surface area contributed by atoms with Crippen LogP contribution in [0.2, 0.25) is 0 Å². The normalized spacial score (nSPS) is 26.3. The van der Waals surface area contributed by atoms with Crippen LogP contribution in [-0.4, -0.2) is 16.7 Å². The maximum absolute atomic E-state index is 11.9. The monoisotopic (exact) mass is 317 g/mol. The highest BCUT2D eigenvalue weighted by Crippen LogP contribution is 2.49. The van der Waals surface area contributed by atoms with Crippen molar-refractivity contribution in [2.45, 2.75) is 32.1 Å². The lowest BCUT2D eigenvalue weighted by atomic mass is 9.86. The Labute approximate surface area is 133 Å². The zero-order valence-corrected chi connectivity index (χ0v) is 12.7. The Kier molecular flexibility index (Phi) is 4.27. The standard InChI is InChI=1S/C16H19N3O4/c17-16(11-3-5-14(6-4-11)19(21)22)18-23-15(20)9-13-8-10-1-2-12(13)7-10/h3-6,10,12-13H,1-2,7-9H2,(H2,17,18)/t10-,12+,13+/m0/s1. The first-order valence-corrected chi connectivity index (χ1v) is 7.81. The molecule has 2 aliphatic carbocycles. The van der Waals surface area contributed by atoms with E-state index in [1.54, 1.807) is 0 Å². The number of fused-ring (bicyclic) bond motifs is 2. The molecule has 1 aromatic carbocycles. The molecule has 2 N–H and O–H groups in total. The number of carbonyl (C=O) groups is 1. The van der Waals surface area contributed by atoms with Crippen LogP contribution in [0.25, 0.3) is 0 Å². The molecule has 2 bridgehead atoms. The van der Waals surface area contributed by atoms with Crippen LogP contribution in [0.1, 0.15) is 37.7 Å². The third-order valence-corrected chi connectivity index (χ3v) is 4.93. The minimum atomic E-state index is -0.494. The molecule has 0 aliphatic heterocycles. The highest BCUT2D eigenvalue weighted by Gasteiger charge is 2.40. The number of carbonyl (C=O) groups excluding carboxylic acids is 1. The van der Waals surface area contributed by atoms with Crippen molar-refractivity contribution in [3.8, 4) is 0 Å². The molecule has 0 amide bonds. The maximum atomic E-state index is 11.9. The number of amidine groups is 1. The number of nitrogens with zero attached hydrogens (tertiary/aromatic N) is 2. The lowest BCUT2D eigenvalue weighted by Crippen LogP contribution is -2.18. The molecule has 3 rings (SSSR count). The number of hydrogen-bond acceptors (Lipinski definition) is 5. The fraction of sp³-hybridized carbons (Fsp3) is 0.500. The second-order valence-corrected chi connectivity index (χ2v) is 6.38. The maximum Gasteiger partial charge on any atom is 0.335 e. The first-order valence-electron chi connectivity index (χ1n) is 7.81. The van der Waals surface area contributed by atoms with Crippen LogP contribution in [0.3, 0.4) is 0 Å². The van der Waals surface area contributed by atoms with Crippen molar-refractivity contribution in [3.63, 3.8) is 0 Å². The van der Waals surface area contributed by atoms with Gasteiger partial charge in [-0.1, -0.05) is 11.6 Å². The van der Waals surface area contributed by atoms with Crippen molar-refractivity contribution in [2.24, 2.45) is 28.6 Å². The molecule has 122 valence electrons. The van der Waals surface area contributed by atoms with E-state index in [0.717, 1.165) is 12.3 Å². The van der Waals surface area contributed by atoms with Crippen molar-refractivity contribution in [2.75, 3.05) is 0 Å². The lowest BCUT2D eigenvalue weighted by molar-refractivity contribution is -0.384. The van der Waals surface area contributed by atoms with Crippen LogP contribution >= 0.6 is 0 Å². The van der Waals surface area contributed by atoms with Crippen molar-refractivity contribution < 1.29 is 14.6 Å².